The number of carbonyl (C=O) groups is 1. The highest BCUT2D eigenvalue weighted by molar-refractivity contribution is 5.82. The molecule has 6 nitrogen and oxygen atoms in total. The number of aliphatic hydroxyl groups is 2. The van der Waals surface area contributed by atoms with Gasteiger partial charge in [0.15, 0.2) is 17.4 Å². The summed E-state index contributed by atoms with van der Waals surface area (Å²) in [6, 6.07) is 0. The summed E-state index contributed by atoms with van der Waals surface area (Å²) < 4.78 is 16.0. The maximum absolute atomic E-state index is 11.4. The van der Waals surface area contributed by atoms with Gasteiger partial charge < -0.3 is 24.4 Å². The molecule has 0 bridgehead atoms. The van der Waals surface area contributed by atoms with Crippen LogP contribution in [-0.2, 0) is 19.0 Å². The predicted molar refractivity (Wildman–Crippen MR) is 87.3 cm³/mol. The molecule has 134 valence electrons. The Kier molecular flexibility index (Phi) is 15.1. The highest BCUT2D eigenvalue weighted by atomic mass is 16.8. The molecule has 1 aliphatic rings. The fourth-order valence-electron chi connectivity index (χ4n) is 1.39. The third kappa shape index (κ3) is 17.3. The first-order valence-corrected chi connectivity index (χ1v) is 6.96. The Hall–Kier alpha value is -0.790. The van der Waals surface area contributed by atoms with E-state index in [-0.39, 0.29) is 13.2 Å². The average Bonchev–Trinajstić information content (AvgIpc) is 2.32. The Morgan fingerprint density at radius 2 is 1.73 bits per heavy atom. The molecule has 1 aliphatic heterocycles. The van der Waals surface area contributed by atoms with Crippen LogP contribution < -0.4 is 0 Å². The zero-order valence-electron chi connectivity index (χ0n) is 13.8. The lowest BCUT2D eigenvalue weighted by Gasteiger charge is -2.31. The highest BCUT2D eigenvalue weighted by Gasteiger charge is 2.31. The molecule has 1 unspecified atom stereocenters. The van der Waals surface area contributed by atoms with Crippen molar-refractivity contribution in [2.24, 2.45) is 0 Å². The maximum Gasteiger partial charge on any atom is 0.220 e. The van der Waals surface area contributed by atoms with Crippen molar-refractivity contribution in [2.45, 2.75) is 72.8 Å². The van der Waals surface area contributed by atoms with E-state index in [2.05, 4.69) is 13.2 Å². The Morgan fingerprint density at radius 3 is 2.09 bits per heavy atom. The molecule has 22 heavy (non-hydrogen) atoms. The van der Waals surface area contributed by atoms with Crippen molar-refractivity contribution in [1.29, 1.82) is 0 Å². The van der Waals surface area contributed by atoms with Gasteiger partial charge in [-0.05, 0) is 41.0 Å². The molecular formula is C16H34O6. The average molecular weight is 322 g/mol. The van der Waals surface area contributed by atoms with Crippen molar-refractivity contribution in [3.05, 3.63) is 13.2 Å². The number of ketones is 1. The van der Waals surface area contributed by atoms with Crippen LogP contribution in [0.4, 0.5) is 0 Å². The third-order valence-corrected chi connectivity index (χ3v) is 1.98. The molecule has 0 radical (unpaired) electrons. The van der Waals surface area contributed by atoms with Crippen LogP contribution in [0.15, 0.2) is 13.2 Å². The number of hydrogen-bond donors (Lipinski definition) is 2. The molecule has 0 saturated carbocycles. The van der Waals surface area contributed by atoms with Crippen LogP contribution in [0.1, 0.15) is 54.9 Å². The standard InChI is InChI=1S/C10H18O4.C3H8O2.C2H4.CH4/c1-4-13-10(2,3)14-9-8(11)6-5-7-12-9;1-3(2,4)5;1-2;/h9H,4-7H2,1-3H3;4-5H,1-2H3;1-2H2;1H4. The van der Waals surface area contributed by atoms with E-state index in [1.54, 1.807) is 13.8 Å². The normalized spacial score (nSPS) is 18.1. The zero-order valence-corrected chi connectivity index (χ0v) is 13.8. The van der Waals surface area contributed by atoms with Crippen molar-refractivity contribution in [2.75, 3.05) is 13.2 Å². The molecule has 0 aromatic rings. The number of ether oxygens (including phenoxy) is 3. The SMILES string of the molecule is C.C=C.CC(C)(O)O.CCOC(C)(C)OC1OCCCC1=O. The summed E-state index contributed by atoms with van der Waals surface area (Å²) >= 11 is 0. The Bertz CT molecular complexity index is 277. The van der Waals surface area contributed by atoms with Gasteiger partial charge in [0, 0.05) is 13.0 Å². The van der Waals surface area contributed by atoms with Gasteiger partial charge in [0.25, 0.3) is 0 Å². The Balaban J connectivity index is -0.000000387. The quantitative estimate of drug-likeness (QED) is 0.611. The first-order chi connectivity index (χ1) is 9.55. The molecule has 0 spiro atoms. The second kappa shape index (κ2) is 12.7. The van der Waals surface area contributed by atoms with E-state index < -0.39 is 17.9 Å². The molecule has 0 aromatic heterocycles. The van der Waals surface area contributed by atoms with Gasteiger partial charge in [0.1, 0.15) is 0 Å². The molecule has 2 N–H and O–H groups in total. The van der Waals surface area contributed by atoms with Gasteiger partial charge in [0.05, 0.1) is 6.61 Å². The van der Waals surface area contributed by atoms with Gasteiger partial charge in [-0.25, -0.2) is 0 Å². The summed E-state index contributed by atoms with van der Waals surface area (Å²) in [6.07, 6.45) is 0.575. The first-order valence-electron chi connectivity index (χ1n) is 6.96. The van der Waals surface area contributed by atoms with Gasteiger partial charge in [0.2, 0.25) is 6.29 Å². The largest absolute Gasteiger partial charge is 0.366 e. The van der Waals surface area contributed by atoms with Crippen molar-refractivity contribution in [3.63, 3.8) is 0 Å². The van der Waals surface area contributed by atoms with Crippen molar-refractivity contribution >= 4 is 5.78 Å². The molecule has 0 aromatic carbocycles. The summed E-state index contributed by atoms with van der Waals surface area (Å²) in [6.45, 7) is 15.2. The van der Waals surface area contributed by atoms with E-state index in [0.29, 0.717) is 19.6 Å². The van der Waals surface area contributed by atoms with Gasteiger partial charge in [-0.15, -0.1) is 13.2 Å². The van der Waals surface area contributed by atoms with Gasteiger partial charge in [-0.2, -0.15) is 0 Å². The second-order valence-corrected chi connectivity index (χ2v) is 5.22. The molecule has 0 aliphatic carbocycles. The third-order valence-electron chi connectivity index (χ3n) is 1.98. The number of Topliss-reactive ketones (excluding diaryl/α,β-unsaturated/α-hetero) is 1. The van der Waals surface area contributed by atoms with Crippen molar-refractivity contribution in [1.82, 2.24) is 0 Å². The molecule has 1 saturated heterocycles. The van der Waals surface area contributed by atoms with Crippen LogP contribution in [0.2, 0.25) is 0 Å². The smallest absolute Gasteiger partial charge is 0.220 e. The monoisotopic (exact) mass is 322 g/mol. The lowest BCUT2D eigenvalue weighted by Crippen LogP contribution is -2.41. The second-order valence-electron chi connectivity index (χ2n) is 5.22. The fourth-order valence-corrected chi connectivity index (χ4v) is 1.39. The topological polar surface area (TPSA) is 85.2 Å². The molecule has 1 heterocycles. The minimum absolute atomic E-state index is 0. The van der Waals surface area contributed by atoms with E-state index >= 15 is 0 Å². The fraction of sp³-hybridized carbons (Fsp3) is 0.812. The predicted octanol–water partition coefficient (Wildman–Crippen LogP) is 2.63. The molecule has 1 atom stereocenters. The lowest BCUT2D eigenvalue weighted by atomic mass is 10.2. The van der Waals surface area contributed by atoms with Crippen LogP contribution in [0.3, 0.4) is 0 Å². The van der Waals surface area contributed by atoms with Gasteiger partial charge in [-0.1, -0.05) is 7.43 Å². The molecule has 6 heteroatoms. The summed E-state index contributed by atoms with van der Waals surface area (Å²) in [5, 5.41) is 16.2. The van der Waals surface area contributed by atoms with E-state index in [4.69, 9.17) is 24.4 Å². The van der Waals surface area contributed by atoms with Crippen LogP contribution >= 0.6 is 0 Å². The number of carbonyl (C=O) groups excluding carboxylic acids is 1. The van der Waals surface area contributed by atoms with Crippen LogP contribution in [0, 0.1) is 0 Å². The highest BCUT2D eigenvalue weighted by Crippen LogP contribution is 2.19. The van der Waals surface area contributed by atoms with E-state index in [9.17, 15) is 4.79 Å². The molecule has 1 rings (SSSR count). The first kappa shape index (κ1) is 26.1. The summed E-state index contributed by atoms with van der Waals surface area (Å²) in [7, 11) is 0. The Morgan fingerprint density at radius 1 is 1.27 bits per heavy atom. The van der Waals surface area contributed by atoms with Crippen LogP contribution in [-0.4, -0.2) is 47.1 Å². The van der Waals surface area contributed by atoms with E-state index in [0.717, 1.165) is 6.42 Å². The summed E-state index contributed by atoms with van der Waals surface area (Å²) in [5.74, 6) is -2.25. The summed E-state index contributed by atoms with van der Waals surface area (Å²) in [5.41, 5.74) is 0. The van der Waals surface area contributed by atoms with E-state index in [1.165, 1.54) is 13.8 Å². The summed E-state index contributed by atoms with van der Waals surface area (Å²) in [4.78, 5) is 11.4. The minimum atomic E-state index is -1.50. The number of hydrogen-bond acceptors (Lipinski definition) is 6. The van der Waals surface area contributed by atoms with Crippen LogP contribution in [0.5, 0.6) is 0 Å². The molecular weight excluding hydrogens is 288 g/mol. The zero-order chi connectivity index (χ0) is 17.1. The van der Waals surface area contributed by atoms with Gasteiger partial charge in [-0.3, -0.25) is 4.79 Å². The van der Waals surface area contributed by atoms with Crippen molar-refractivity contribution in [3.8, 4) is 0 Å². The van der Waals surface area contributed by atoms with Gasteiger partial charge >= 0.3 is 0 Å². The van der Waals surface area contributed by atoms with E-state index in [1.807, 2.05) is 6.92 Å². The lowest BCUT2D eigenvalue weighted by molar-refractivity contribution is -0.286. The number of rotatable bonds is 4. The van der Waals surface area contributed by atoms with Crippen molar-refractivity contribution < 1.29 is 29.2 Å². The maximum atomic E-state index is 11.4. The molecule has 1 fully saturated rings. The molecule has 0 amide bonds. The van der Waals surface area contributed by atoms with Crippen LogP contribution in [0.25, 0.3) is 0 Å². The Labute approximate surface area is 135 Å². The minimum Gasteiger partial charge on any atom is -0.366 e.